The van der Waals surface area contributed by atoms with Gasteiger partial charge in [0.05, 0.1) is 24.5 Å². The Morgan fingerprint density at radius 2 is 2.05 bits per heavy atom. The predicted octanol–water partition coefficient (Wildman–Crippen LogP) is 1.26. The molecule has 1 spiro atoms. The predicted molar refractivity (Wildman–Crippen MR) is 65.4 cm³/mol. The fourth-order valence-corrected chi connectivity index (χ4v) is 2.37. The van der Waals surface area contributed by atoms with E-state index in [1.54, 1.807) is 6.07 Å². The number of carboxylic acids is 1. The quantitative estimate of drug-likeness (QED) is 0.796. The molecule has 2 heterocycles. The van der Waals surface area contributed by atoms with Crippen molar-refractivity contribution in [2.45, 2.75) is 18.4 Å². The maximum absolute atomic E-state index is 12.2. The number of ether oxygens (including phenoxy) is 2. The molecule has 1 aromatic carbocycles. The van der Waals surface area contributed by atoms with Crippen LogP contribution in [0.5, 0.6) is 5.75 Å². The zero-order valence-corrected chi connectivity index (χ0v) is 10.1. The highest BCUT2D eigenvalue weighted by Crippen LogP contribution is 2.38. The largest absolute Gasteiger partial charge is 0.478 e. The first-order valence-electron chi connectivity index (χ1n) is 6.06. The Labute approximate surface area is 109 Å². The molecule has 6 nitrogen and oxygen atoms in total. The molecule has 100 valence electrons. The lowest BCUT2D eigenvalue weighted by Gasteiger charge is -2.39. The number of rotatable bonds is 1. The molecule has 2 aliphatic rings. The minimum atomic E-state index is -1.04. The van der Waals surface area contributed by atoms with Gasteiger partial charge < -0.3 is 19.9 Å². The number of nitrogens with one attached hydrogen (secondary N) is 1. The van der Waals surface area contributed by atoms with E-state index < -0.39 is 11.6 Å². The van der Waals surface area contributed by atoms with Gasteiger partial charge in [0, 0.05) is 12.8 Å². The third kappa shape index (κ3) is 1.94. The van der Waals surface area contributed by atoms with E-state index in [1.807, 2.05) is 0 Å². The first kappa shape index (κ1) is 12.0. The second-order valence-corrected chi connectivity index (χ2v) is 4.68. The standard InChI is InChI=1S/C13H13NO5/c15-11(16)8-1-2-10-9(7-8)14-12(17)13(19-10)3-5-18-6-4-13/h1-2,7H,3-6H2,(H,14,17)(H,15,16). The molecular formula is C13H13NO5. The van der Waals surface area contributed by atoms with Crippen molar-refractivity contribution in [3.05, 3.63) is 23.8 Å². The molecule has 0 unspecified atom stereocenters. The summed E-state index contributed by atoms with van der Waals surface area (Å²) < 4.78 is 11.1. The Kier molecular flexibility index (Phi) is 2.67. The second-order valence-electron chi connectivity index (χ2n) is 4.68. The molecule has 0 saturated carbocycles. The van der Waals surface area contributed by atoms with Gasteiger partial charge >= 0.3 is 5.97 Å². The van der Waals surface area contributed by atoms with Crippen LogP contribution in [-0.2, 0) is 9.53 Å². The Bertz CT molecular complexity index is 548. The summed E-state index contributed by atoms with van der Waals surface area (Å²) in [6.07, 6.45) is 0.998. The highest BCUT2D eigenvalue weighted by atomic mass is 16.5. The normalized spacial score (nSPS) is 20.3. The fraction of sp³-hybridized carbons (Fsp3) is 0.385. The van der Waals surface area contributed by atoms with Crippen molar-refractivity contribution in [2.24, 2.45) is 0 Å². The summed E-state index contributed by atoms with van der Waals surface area (Å²) in [6.45, 7) is 0.964. The van der Waals surface area contributed by atoms with Gasteiger partial charge in [-0.2, -0.15) is 0 Å². The molecule has 0 aromatic heterocycles. The van der Waals surface area contributed by atoms with Crippen molar-refractivity contribution >= 4 is 17.6 Å². The zero-order chi connectivity index (χ0) is 13.5. The maximum atomic E-state index is 12.2. The molecule has 0 aliphatic carbocycles. The van der Waals surface area contributed by atoms with Crippen LogP contribution in [0.3, 0.4) is 0 Å². The molecule has 19 heavy (non-hydrogen) atoms. The van der Waals surface area contributed by atoms with Crippen LogP contribution in [0.1, 0.15) is 23.2 Å². The monoisotopic (exact) mass is 263 g/mol. The van der Waals surface area contributed by atoms with Crippen LogP contribution in [0.4, 0.5) is 5.69 Å². The Morgan fingerprint density at radius 3 is 2.74 bits per heavy atom. The zero-order valence-electron chi connectivity index (χ0n) is 10.1. The van der Waals surface area contributed by atoms with Crippen molar-refractivity contribution in [1.82, 2.24) is 0 Å². The first-order valence-corrected chi connectivity index (χ1v) is 6.06. The average Bonchev–Trinajstić information content (AvgIpc) is 2.40. The second kappa shape index (κ2) is 4.24. The molecule has 2 aliphatic heterocycles. The smallest absolute Gasteiger partial charge is 0.335 e. The average molecular weight is 263 g/mol. The molecule has 1 amide bonds. The summed E-state index contributed by atoms with van der Waals surface area (Å²) in [5.41, 5.74) is -0.358. The van der Waals surface area contributed by atoms with E-state index in [2.05, 4.69) is 5.32 Å². The maximum Gasteiger partial charge on any atom is 0.335 e. The van der Waals surface area contributed by atoms with E-state index in [-0.39, 0.29) is 11.5 Å². The van der Waals surface area contributed by atoms with Crippen LogP contribution in [0, 0.1) is 0 Å². The number of anilines is 1. The van der Waals surface area contributed by atoms with Crippen LogP contribution in [0.25, 0.3) is 0 Å². The highest BCUT2D eigenvalue weighted by Gasteiger charge is 2.45. The van der Waals surface area contributed by atoms with Gasteiger partial charge in [-0.15, -0.1) is 0 Å². The van der Waals surface area contributed by atoms with E-state index >= 15 is 0 Å². The van der Waals surface area contributed by atoms with E-state index in [4.69, 9.17) is 14.6 Å². The number of amides is 1. The SMILES string of the molecule is O=C(O)c1ccc2c(c1)NC(=O)C1(CCOCC1)O2. The van der Waals surface area contributed by atoms with Gasteiger partial charge in [-0.1, -0.05) is 0 Å². The van der Waals surface area contributed by atoms with Crippen molar-refractivity contribution in [1.29, 1.82) is 0 Å². The summed E-state index contributed by atoms with van der Waals surface area (Å²) in [6, 6.07) is 4.45. The molecule has 0 bridgehead atoms. The summed E-state index contributed by atoms with van der Waals surface area (Å²) in [5, 5.41) is 11.7. The molecule has 1 aromatic rings. The van der Waals surface area contributed by atoms with Crippen molar-refractivity contribution in [2.75, 3.05) is 18.5 Å². The van der Waals surface area contributed by atoms with Gasteiger partial charge in [-0.25, -0.2) is 4.79 Å². The minimum Gasteiger partial charge on any atom is -0.478 e. The summed E-state index contributed by atoms with van der Waals surface area (Å²) in [5.74, 6) is -0.763. The lowest BCUT2D eigenvalue weighted by Crippen LogP contribution is -2.54. The molecule has 2 N–H and O–H groups in total. The number of hydrogen-bond acceptors (Lipinski definition) is 4. The number of benzene rings is 1. The van der Waals surface area contributed by atoms with Crippen LogP contribution in [0.2, 0.25) is 0 Å². The molecule has 1 fully saturated rings. The highest BCUT2D eigenvalue weighted by molar-refractivity contribution is 6.02. The van der Waals surface area contributed by atoms with E-state index in [0.29, 0.717) is 37.5 Å². The molecule has 0 radical (unpaired) electrons. The van der Waals surface area contributed by atoms with E-state index in [0.717, 1.165) is 0 Å². The van der Waals surface area contributed by atoms with Crippen LogP contribution < -0.4 is 10.1 Å². The Balaban J connectivity index is 1.95. The number of carbonyl (C=O) groups is 2. The van der Waals surface area contributed by atoms with Gasteiger partial charge in [-0.05, 0) is 18.2 Å². The van der Waals surface area contributed by atoms with Gasteiger partial charge in [0.15, 0.2) is 5.60 Å². The number of hydrogen-bond donors (Lipinski definition) is 2. The Hall–Kier alpha value is -2.08. The Morgan fingerprint density at radius 1 is 1.32 bits per heavy atom. The van der Waals surface area contributed by atoms with Gasteiger partial charge in [-0.3, -0.25) is 4.79 Å². The van der Waals surface area contributed by atoms with Crippen LogP contribution in [0.15, 0.2) is 18.2 Å². The topological polar surface area (TPSA) is 84.9 Å². The molecule has 6 heteroatoms. The fourth-order valence-electron chi connectivity index (χ4n) is 2.37. The van der Waals surface area contributed by atoms with Crippen molar-refractivity contribution in [3.8, 4) is 5.75 Å². The van der Waals surface area contributed by atoms with E-state index in [9.17, 15) is 9.59 Å². The van der Waals surface area contributed by atoms with Crippen LogP contribution >= 0.6 is 0 Å². The number of carbonyl (C=O) groups excluding carboxylic acids is 1. The number of fused-ring (bicyclic) bond motifs is 1. The molecule has 3 rings (SSSR count). The van der Waals surface area contributed by atoms with E-state index in [1.165, 1.54) is 12.1 Å². The van der Waals surface area contributed by atoms with Crippen LogP contribution in [-0.4, -0.2) is 35.8 Å². The third-order valence-corrected chi connectivity index (χ3v) is 3.49. The van der Waals surface area contributed by atoms with Gasteiger partial charge in [0.1, 0.15) is 5.75 Å². The van der Waals surface area contributed by atoms with Gasteiger partial charge in [0.25, 0.3) is 5.91 Å². The first-order chi connectivity index (χ1) is 9.11. The summed E-state index contributed by atoms with van der Waals surface area (Å²) in [4.78, 5) is 23.1. The molecule has 0 atom stereocenters. The minimum absolute atomic E-state index is 0.116. The number of aromatic carboxylic acids is 1. The summed E-state index contributed by atoms with van der Waals surface area (Å²) in [7, 11) is 0. The van der Waals surface area contributed by atoms with Gasteiger partial charge in [0.2, 0.25) is 0 Å². The third-order valence-electron chi connectivity index (χ3n) is 3.49. The molecule has 1 saturated heterocycles. The molecular weight excluding hydrogens is 250 g/mol. The van der Waals surface area contributed by atoms with Crippen molar-refractivity contribution < 1.29 is 24.2 Å². The summed E-state index contributed by atoms with van der Waals surface area (Å²) >= 11 is 0. The number of carboxylic acid groups (broad SMARTS) is 1. The lowest BCUT2D eigenvalue weighted by atomic mass is 9.91. The van der Waals surface area contributed by atoms with Crippen molar-refractivity contribution in [3.63, 3.8) is 0 Å². The lowest BCUT2D eigenvalue weighted by molar-refractivity contribution is -0.140.